The lowest BCUT2D eigenvalue weighted by molar-refractivity contribution is 0.726. The molecule has 1 aliphatic rings. The summed E-state index contributed by atoms with van der Waals surface area (Å²) in [5.41, 5.74) is 8.06. The van der Waals surface area contributed by atoms with Gasteiger partial charge in [-0.05, 0) is 24.3 Å². The van der Waals surface area contributed by atoms with Crippen LogP contribution in [-0.2, 0) is 0 Å². The maximum absolute atomic E-state index is 6.43. The number of benzene rings is 2. The third kappa shape index (κ3) is 3.22. The molecule has 5 nitrogen and oxygen atoms in total. The Bertz CT molecular complexity index is 864. The summed E-state index contributed by atoms with van der Waals surface area (Å²) in [6.45, 7) is 2.02. The van der Waals surface area contributed by atoms with E-state index in [1.165, 1.54) is 31.1 Å². The molecule has 1 aliphatic heterocycles. The van der Waals surface area contributed by atoms with Crippen molar-refractivity contribution in [3.8, 4) is 0 Å². The van der Waals surface area contributed by atoms with Gasteiger partial charge in [-0.25, -0.2) is 9.97 Å². The highest BCUT2D eigenvalue weighted by atomic mass is 15.2. The summed E-state index contributed by atoms with van der Waals surface area (Å²) >= 11 is 0. The van der Waals surface area contributed by atoms with Crippen LogP contribution in [0.4, 0.5) is 23.0 Å². The third-order valence-electron chi connectivity index (χ3n) is 4.81. The van der Waals surface area contributed by atoms with Crippen molar-refractivity contribution in [2.75, 3.05) is 29.0 Å². The summed E-state index contributed by atoms with van der Waals surface area (Å²) in [5.74, 6) is 1.52. The molecule has 25 heavy (non-hydrogen) atoms. The van der Waals surface area contributed by atoms with Crippen molar-refractivity contribution in [3.05, 3.63) is 48.8 Å². The van der Waals surface area contributed by atoms with Gasteiger partial charge in [0.2, 0.25) is 0 Å². The molecule has 0 radical (unpaired) electrons. The molecule has 2 aromatic carbocycles. The van der Waals surface area contributed by atoms with Crippen LogP contribution >= 0.6 is 0 Å². The van der Waals surface area contributed by atoms with Crippen molar-refractivity contribution < 1.29 is 0 Å². The van der Waals surface area contributed by atoms with Gasteiger partial charge >= 0.3 is 0 Å². The first kappa shape index (κ1) is 15.7. The Kier molecular flexibility index (Phi) is 4.37. The van der Waals surface area contributed by atoms with Crippen LogP contribution in [0, 0.1) is 0 Å². The average molecular weight is 333 g/mol. The first-order chi connectivity index (χ1) is 12.3. The van der Waals surface area contributed by atoms with Gasteiger partial charge in [-0.2, -0.15) is 0 Å². The number of hydrogen-bond acceptors (Lipinski definition) is 5. The number of anilines is 4. The third-order valence-corrected chi connectivity index (χ3v) is 4.81. The molecule has 5 heteroatoms. The number of nitrogens with zero attached hydrogens (tertiary/aromatic N) is 3. The van der Waals surface area contributed by atoms with Crippen LogP contribution in [0.1, 0.15) is 25.7 Å². The highest BCUT2D eigenvalue weighted by molar-refractivity contribution is 5.96. The van der Waals surface area contributed by atoms with E-state index in [0.717, 1.165) is 30.0 Å². The Morgan fingerprint density at radius 1 is 0.880 bits per heavy atom. The van der Waals surface area contributed by atoms with E-state index in [-0.39, 0.29) is 0 Å². The van der Waals surface area contributed by atoms with Crippen molar-refractivity contribution in [1.29, 1.82) is 0 Å². The number of rotatable bonds is 3. The quantitative estimate of drug-likeness (QED) is 0.746. The maximum Gasteiger partial charge on any atom is 0.159 e. The largest absolute Gasteiger partial charge is 0.393 e. The predicted octanol–water partition coefficient (Wildman–Crippen LogP) is 4.34. The summed E-state index contributed by atoms with van der Waals surface area (Å²) in [7, 11) is 0. The van der Waals surface area contributed by atoms with E-state index in [0.29, 0.717) is 11.5 Å². The van der Waals surface area contributed by atoms with Crippen LogP contribution in [0.2, 0.25) is 0 Å². The highest BCUT2D eigenvalue weighted by Crippen LogP contribution is 2.32. The number of nitrogens with two attached hydrogens (primary N) is 1. The fourth-order valence-electron chi connectivity index (χ4n) is 3.48. The topological polar surface area (TPSA) is 67.1 Å². The van der Waals surface area contributed by atoms with Gasteiger partial charge in [0.1, 0.15) is 12.0 Å². The Labute approximate surface area is 147 Å². The predicted molar refractivity (Wildman–Crippen MR) is 104 cm³/mol. The summed E-state index contributed by atoms with van der Waals surface area (Å²) in [4.78, 5) is 11.1. The molecule has 1 saturated heterocycles. The van der Waals surface area contributed by atoms with E-state index in [2.05, 4.69) is 44.5 Å². The average Bonchev–Trinajstić information content (AvgIpc) is 2.93. The molecule has 0 bridgehead atoms. The summed E-state index contributed by atoms with van der Waals surface area (Å²) < 4.78 is 0. The van der Waals surface area contributed by atoms with Gasteiger partial charge in [0.25, 0.3) is 0 Å². The van der Waals surface area contributed by atoms with E-state index in [4.69, 9.17) is 5.73 Å². The van der Waals surface area contributed by atoms with Crippen LogP contribution in [-0.4, -0.2) is 23.1 Å². The minimum absolute atomic E-state index is 0.623. The first-order valence-corrected chi connectivity index (χ1v) is 8.93. The molecule has 0 aliphatic carbocycles. The van der Waals surface area contributed by atoms with E-state index in [9.17, 15) is 0 Å². The number of fused-ring (bicyclic) bond motifs is 1. The molecule has 1 aromatic heterocycles. The molecular weight excluding hydrogens is 310 g/mol. The van der Waals surface area contributed by atoms with Crippen molar-refractivity contribution in [2.45, 2.75) is 25.7 Å². The lowest BCUT2D eigenvalue weighted by atomic mass is 10.1. The van der Waals surface area contributed by atoms with Gasteiger partial charge < -0.3 is 16.0 Å². The van der Waals surface area contributed by atoms with Crippen LogP contribution in [0.5, 0.6) is 0 Å². The molecule has 0 unspecified atom stereocenters. The number of nitrogen functional groups attached to an aromatic ring is 1. The fourth-order valence-corrected chi connectivity index (χ4v) is 3.48. The van der Waals surface area contributed by atoms with E-state index < -0.39 is 0 Å². The molecule has 1 fully saturated rings. The first-order valence-electron chi connectivity index (χ1n) is 8.93. The Morgan fingerprint density at radius 2 is 1.64 bits per heavy atom. The van der Waals surface area contributed by atoms with Gasteiger partial charge in [0.05, 0.1) is 0 Å². The zero-order valence-electron chi connectivity index (χ0n) is 14.3. The van der Waals surface area contributed by atoms with Crippen LogP contribution < -0.4 is 16.0 Å². The summed E-state index contributed by atoms with van der Waals surface area (Å²) in [5, 5.41) is 5.75. The molecule has 2 heterocycles. The van der Waals surface area contributed by atoms with Crippen molar-refractivity contribution in [3.63, 3.8) is 0 Å². The smallest absolute Gasteiger partial charge is 0.159 e. The molecule has 3 N–H and O–H groups in total. The van der Waals surface area contributed by atoms with Crippen molar-refractivity contribution >= 4 is 33.8 Å². The number of nitrogens with one attached hydrogen (secondary N) is 1. The van der Waals surface area contributed by atoms with E-state index in [1.807, 2.05) is 18.2 Å². The SMILES string of the molecule is Nc1c(Nc2cccc3ccccc23)ncnc1N1CCCCCC1. The second kappa shape index (κ2) is 6.97. The lowest BCUT2D eigenvalue weighted by Gasteiger charge is -2.23. The van der Waals surface area contributed by atoms with Gasteiger partial charge in [-0.3, -0.25) is 0 Å². The van der Waals surface area contributed by atoms with Crippen LogP contribution in [0.15, 0.2) is 48.8 Å². The molecule has 0 spiro atoms. The Hall–Kier alpha value is -2.82. The number of aromatic nitrogens is 2. The zero-order chi connectivity index (χ0) is 17.1. The molecule has 0 atom stereocenters. The monoisotopic (exact) mass is 333 g/mol. The Morgan fingerprint density at radius 3 is 2.48 bits per heavy atom. The maximum atomic E-state index is 6.43. The van der Waals surface area contributed by atoms with E-state index >= 15 is 0 Å². The molecule has 0 amide bonds. The van der Waals surface area contributed by atoms with Crippen LogP contribution in [0.3, 0.4) is 0 Å². The minimum Gasteiger partial charge on any atom is -0.393 e. The normalized spacial score (nSPS) is 15.1. The second-order valence-corrected chi connectivity index (χ2v) is 6.51. The van der Waals surface area contributed by atoms with Gasteiger partial charge in [0.15, 0.2) is 11.6 Å². The molecule has 3 aromatic rings. The summed E-state index contributed by atoms with van der Waals surface area (Å²) in [6, 6.07) is 14.5. The number of hydrogen-bond donors (Lipinski definition) is 2. The van der Waals surface area contributed by atoms with Gasteiger partial charge in [-0.15, -0.1) is 0 Å². The lowest BCUT2D eigenvalue weighted by Crippen LogP contribution is -2.26. The molecule has 4 rings (SSSR count). The van der Waals surface area contributed by atoms with E-state index in [1.54, 1.807) is 6.33 Å². The molecule has 128 valence electrons. The van der Waals surface area contributed by atoms with Crippen molar-refractivity contribution in [1.82, 2.24) is 9.97 Å². The molecular formula is C20H23N5. The van der Waals surface area contributed by atoms with Gasteiger partial charge in [0, 0.05) is 24.2 Å². The highest BCUT2D eigenvalue weighted by Gasteiger charge is 2.17. The van der Waals surface area contributed by atoms with Crippen LogP contribution in [0.25, 0.3) is 10.8 Å². The second-order valence-electron chi connectivity index (χ2n) is 6.51. The van der Waals surface area contributed by atoms with Gasteiger partial charge in [-0.1, -0.05) is 49.2 Å². The zero-order valence-corrected chi connectivity index (χ0v) is 14.3. The van der Waals surface area contributed by atoms with Crippen molar-refractivity contribution in [2.24, 2.45) is 0 Å². The minimum atomic E-state index is 0.623. The molecule has 0 saturated carbocycles. The Balaban J connectivity index is 1.67. The summed E-state index contributed by atoms with van der Waals surface area (Å²) in [6.07, 6.45) is 6.54. The fraction of sp³-hybridized carbons (Fsp3) is 0.300. The standard InChI is InChI=1S/C20H23N5/c21-18-19(22-14-23-20(18)25-12-5-1-2-6-13-25)24-17-11-7-9-15-8-3-4-10-16(15)17/h3-4,7-11,14H,1-2,5-6,12-13,21H2,(H,22,23,24).